The lowest BCUT2D eigenvalue weighted by atomic mass is 10.2. The third kappa shape index (κ3) is 2.42. The maximum Gasteiger partial charge on any atom is 0.272 e. The molecule has 1 amide bonds. The summed E-state index contributed by atoms with van der Waals surface area (Å²) in [5, 5.41) is 5.40. The van der Waals surface area contributed by atoms with Gasteiger partial charge in [-0.25, -0.2) is 0 Å². The molecule has 0 unspecified atom stereocenters. The second-order valence-electron chi connectivity index (χ2n) is 5.68. The molecule has 0 aliphatic heterocycles. The summed E-state index contributed by atoms with van der Waals surface area (Å²) in [4.78, 5) is 14.9. The van der Waals surface area contributed by atoms with Crippen LogP contribution in [0.15, 0.2) is 24.3 Å². The van der Waals surface area contributed by atoms with Crippen LogP contribution in [0.25, 0.3) is 10.9 Å². The molecule has 1 saturated carbocycles. The molecule has 2 aromatic rings. The van der Waals surface area contributed by atoms with E-state index < -0.39 is 0 Å². The van der Waals surface area contributed by atoms with Crippen LogP contribution in [0.4, 0.5) is 0 Å². The average molecular weight is 271 g/mol. The molecule has 0 N–H and O–H groups in total. The van der Waals surface area contributed by atoms with E-state index in [0.717, 1.165) is 36.1 Å². The molecule has 0 spiro atoms. The van der Waals surface area contributed by atoms with Crippen LogP contribution in [0.5, 0.6) is 0 Å². The molecular weight excluding hydrogens is 250 g/mol. The van der Waals surface area contributed by atoms with Crippen molar-refractivity contribution in [2.45, 2.75) is 26.2 Å². The van der Waals surface area contributed by atoms with E-state index in [1.807, 2.05) is 36.2 Å². The monoisotopic (exact) mass is 271 g/mol. The van der Waals surface area contributed by atoms with Crippen LogP contribution in [0.2, 0.25) is 0 Å². The Morgan fingerprint density at radius 1 is 1.40 bits per heavy atom. The molecule has 1 fully saturated rings. The molecule has 1 heterocycles. The zero-order chi connectivity index (χ0) is 14.1. The standard InChI is InChI=1S/C16H21N3O/c1-3-10-19(11-12-8-9-12)16(20)15-13-6-4-5-7-14(13)17-18(15)2/h4-7,12H,3,8-11H2,1-2H3. The number of aryl methyl sites for hydroxylation is 1. The van der Waals surface area contributed by atoms with Gasteiger partial charge >= 0.3 is 0 Å². The molecule has 4 nitrogen and oxygen atoms in total. The number of carbonyl (C=O) groups is 1. The zero-order valence-corrected chi connectivity index (χ0v) is 12.2. The van der Waals surface area contributed by atoms with Gasteiger partial charge in [0.2, 0.25) is 0 Å². The highest BCUT2D eigenvalue weighted by atomic mass is 16.2. The van der Waals surface area contributed by atoms with Crippen molar-refractivity contribution in [3.8, 4) is 0 Å². The Balaban J connectivity index is 1.95. The zero-order valence-electron chi connectivity index (χ0n) is 12.2. The second-order valence-corrected chi connectivity index (χ2v) is 5.68. The van der Waals surface area contributed by atoms with E-state index in [1.165, 1.54) is 12.8 Å². The summed E-state index contributed by atoms with van der Waals surface area (Å²) in [5.41, 5.74) is 1.61. The largest absolute Gasteiger partial charge is 0.337 e. The molecule has 1 aromatic carbocycles. The Labute approximate surface area is 119 Å². The van der Waals surface area contributed by atoms with Crippen LogP contribution in [0, 0.1) is 5.92 Å². The summed E-state index contributed by atoms with van der Waals surface area (Å²) in [6.45, 7) is 3.84. The molecule has 20 heavy (non-hydrogen) atoms. The lowest BCUT2D eigenvalue weighted by Crippen LogP contribution is -2.35. The van der Waals surface area contributed by atoms with Crippen molar-refractivity contribution in [1.29, 1.82) is 0 Å². The fraction of sp³-hybridized carbons (Fsp3) is 0.500. The third-order valence-corrected chi connectivity index (χ3v) is 3.90. The van der Waals surface area contributed by atoms with Gasteiger partial charge < -0.3 is 4.90 Å². The fourth-order valence-electron chi connectivity index (χ4n) is 2.71. The van der Waals surface area contributed by atoms with Crippen molar-refractivity contribution >= 4 is 16.8 Å². The summed E-state index contributed by atoms with van der Waals surface area (Å²) >= 11 is 0. The molecule has 3 rings (SSSR count). The van der Waals surface area contributed by atoms with E-state index in [-0.39, 0.29) is 5.91 Å². The highest BCUT2D eigenvalue weighted by Gasteiger charge is 2.28. The topological polar surface area (TPSA) is 38.1 Å². The van der Waals surface area contributed by atoms with Crippen LogP contribution in [-0.4, -0.2) is 33.7 Å². The quantitative estimate of drug-likeness (QED) is 0.838. The normalized spacial score (nSPS) is 14.7. The van der Waals surface area contributed by atoms with Gasteiger partial charge in [0.1, 0.15) is 5.69 Å². The number of benzene rings is 1. The molecule has 1 aromatic heterocycles. The Hall–Kier alpha value is -1.84. The number of hydrogen-bond donors (Lipinski definition) is 0. The molecule has 1 aliphatic rings. The number of hydrogen-bond acceptors (Lipinski definition) is 2. The molecule has 0 radical (unpaired) electrons. The van der Waals surface area contributed by atoms with E-state index in [4.69, 9.17) is 0 Å². The average Bonchev–Trinajstić information content (AvgIpc) is 3.18. The Morgan fingerprint density at radius 3 is 2.85 bits per heavy atom. The fourth-order valence-corrected chi connectivity index (χ4v) is 2.71. The minimum absolute atomic E-state index is 0.120. The SMILES string of the molecule is CCCN(CC1CC1)C(=O)c1c2ccccc2nn1C. The number of carbonyl (C=O) groups excluding carboxylic acids is 1. The van der Waals surface area contributed by atoms with Crippen molar-refractivity contribution in [2.24, 2.45) is 13.0 Å². The summed E-state index contributed by atoms with van der Waals surface area (Å²) < 4.78 is 1.72. The molecular formula is C16H21N3O. The van der Waals surface area contributed by atoms with Crippen LogP contribution >= 0.6 is 0 Å². The maximum absolute atomic E-state index is 12.9. The first-order valence-electron chi connectivity index (χ1n) is 7.41. The van der Waals surface area contributed by atoms with Gasteiger partial charge in [-0.3, -0.25) is 9.48 Å². The van der Waals surface area contributed by atoms with Crippen molar-refractivity contribution < 1.29 is 4.79 Å². The third-order valence-electron chi connectivity index (χ3n) is 3.90. The first-order chi connectivity index (χ1) is 9.70. The van der Waals surface area contributed by atoms with Crippen molar-refractivity contribution in [3.05, 3.63) is 30.0 Å². The summed E-state index contributed by atoms with van der Waals surface area (Å²) in [6, 6.07) is 7.86. The lowest BCUT2D eigenvalue weighted by molar-refractivity contribution is 0.0738. The molecule has 0 atom stereocenters. The molecule has 0 bridgehead atoms. The van der Waals surface area contributed by atoms with E-state index >= 15 is 0 Å². The second kappa shape index (κ2) is 5.27. The van der Waals surface area contributed by atoms with Crippen LogP contribution in [0.1, 0.15) is 36.7 Å². The van der Waals surface area contributed by atoms with Crippen molar-refractivity contribution in [3.63, 3.8) is 0 Å². The number of nitrogens with zero attached hydrogens (tertiary/aromatic N) is 3. The predicted molar refractivity (Wildman–Crippen MR) is 79.6 cm³/mol. The summed E-state index contributed by atoms with van der Waals surface area (Å²) in [7, 11) is 1.86. The van der Waals surface area contributed by atoms with Crippen LogP contribution in [-0.2, 0) is 7.05 Å². The maximum atomic E-state index is 12.9. The Bertz CT molecular complexity index is 628. The van der Waals surface area contributed by atoms with E-state index in [0.29, 0.717) is 5.92 Å². The highest BCUT2D eigenvalue weighted by Crippen LogP contribution is 2.30. The van der Waals surface area contributed by atoms with Crippen molar-refractivity contribution in [2.75, 3.05) is 13.1 Å². The van der Waals surface area contributed by atoms with Crippen molar-refractivity contribution in [1.82, 2.24) is 14.7 Å². The molecule has 4 heteroatoms. The number of amides is 1. The van der Waals surface area contributed by atoms with Gasteiger partial charge in [-0.1, -0.05) is 25.1 Å². The van der Waals surface area contributed by atoms with E-state index in [2.05, 4.69) is 12.0 Å². The Morgan fingerprint density at radius 2 is 2.15 bits per heavy atom. The first-order valence-corrected chi connectivity index (χ1v) is 7.41. The predicted octanol–water partition coefficient (Wildman–Crippen LogP) is 2.84. The van der Waals surface area contributed by atoms with Gasteiger partial charge in [0.15, 0.2) is 0 Å². The minimum Gasteiger partial charge on any atom is -0.337 e. The molecule has 106 valence electrons. The number of aromatic nitrogens is 2. The van der Waals surface area contributed by atoms with Crippen LogP contribution in [0.3, 0.4) is 0 Å². The summed E-state index contributed by atoms with van der Waals surface area (Å²) in [5.74, 6) is 0.833. The van der Waals surface area contributed by atoms with Gasteiger partial charge in [-0.2, -0.15) is 5.10 Å². The number of fused-ring (bicyclic) bond motifs is 1. The van der Waals surface area contributed by atoms with Gasteiger partial charge in [-0.15, -0.1) is 0 Å². The smallest absolute Gasteiger partial charge is 0.272 e. The Kier molecular flexibility index (Phi) is 3.47. The molecule has 0 saturated heterocycles. The highest BCUT2D eigenvalue weighted by molar-refractivity contribution is 6.05. The van der Waals surface area contributed by atoms with E-state index in [1.54, 1.807) is 4.68 Å². The van der Waals surface area contributed by atoms with Gasteiger partial charge in [0.05, 0.1) is 5.52 Å². The van der Waals surface area contributed by atoms with Gasteiger partial charge in [0.25, 0.3) is 5.91 Å². The van der Waals surface area contributed by atoms with Gasteiger partial charge in [0, 0.05) is 25.5 Å². The first kappa shape index (κ1) is 13.2. The number of rotatable bonds is 5. The van der Waals surface area contributed by atoms with E-state index in [9.17, 15) is 4.79 Å². The molecule has 1 aliphatic carbocycles. The van der Waals surface area contributed by atoms with Crippen LogP contribution < -0.4 is 0 Å². The lowest BCUT2D eigenvalue weighted by Gasteiger charge is -2.22. The minimum atomic E-state index is 0.120. The summed E-state index contributed by atoms with van der Waals surface area (Å²) in [6.07, 6.45) is 3.52. The van der Waals surface area contributed by atoms with Gasteiger partial charge in [-0.05, 0) is 31.2 Å².